The zero-order chi connectivity index (χ0) is 22.3. The maximum atomic E-state index is 12.0. The van der Waals surface area contributed by atoms with Crippen LogP contribution in [-0.2, 0) is 0 Å². The molecule has 6 heteroatoms. The van der Waals surface area contributed by atoms with Crippen molar-refractivity contribution in [2.24, 2.45) is 5.41 Å². The Balaban J connectivity index is 2.05. The molecule has 1 N–H and O–H groups in total. The Bertz CT molecular complexity index is 1270. The summed E-state index contributed by atoms with van der Waals surface area (Å²) < 4.78 is 5.93. The fraction of sp³-hybridized carbons (Fsp3) is 0.200. The largest absolute Gasteiger partial charge is 0.439 e. The van der Waals surface area contributed by atoms with E-state index in [1.165, 1.54) is 0 Å². The number of benzene rings is 2. The Kier molecular flexibility index (Phi) is 5.65. The summed E-state index contributed by atoms with van der Waals surface area (Å²) in [5, 5.41) is 12.5. The molecule has 158 valence electrons. The predicted octanol–water partition coefficient (Wildman–Crippen LogP) is 7.36. The Morgan fingerprint density at radius 2 is 1.71 bits per heavy atom. The zero-order valence-corrected chi connectivity index (χ0v) is 18.8. The number of carbonyl (C=O) groups excluding carboxylic acids is 1. The minimum Gasteiger partial charge on any atom is -0.439 e. The number of rotatable bonds is 4. The van der Waals surface area contributed by atoms with Gasteiger partial charge in [0, 0.05) is 21.2 Å². The number of aldehydes is 1. The number of fused-ring (bicyclic) bond motifs is 1. The van der Waals surface area contributed by atoms with E-state index in [0.717, 1.165) is 16.7 Å². The fourth-order valence-corrected chi connectivity index (χ4v) is 3.84. The van der Waals surface area contributed by atoms with Gasteiger partial charge in [-0.1, -0.05) is 74.3 Å². The summed E-state index contributed by atoms with van der Waals surface area (Å²) in [6, 6.07) is 16.6. The number of nitrogens with zero attached hydrogens (tertiary/aromatic N) is 1. The average molecular weight is 454 g/mol. The topological polar surface area (TPSA) is 63.3 Å². The molecule has 0 fully saturated rings. The van der Waals surface area contributed by atoms with E-state index in [4.69, 9.17) is 32.6 Å². The molecule has 31 heavy (non-hydrogen) atoms. The second kappa shape index (κ2) is 8.12. The van der Waals surface area contributed by atoms with Crippen molar-refractivity contribution in [2.45, 2.75) is 26.9 Å². The molecule has 2 aromatic carbocycles. The number of aliphatic hydroxyl groups excluding tert-OH is 1. The smallest absolute Gasteiger partial charge is 0.227 e. The number of aliphatic hydroxyl groups is 1. The first-order valence-corrected chi connectivity index (χ1v) is 10.6. The summed E-state index contributed by atoms with van der Waals surface area (Å²) in [7, 11) is 0. The van der Waals surface area contributed by atoms with Crippen LogP contribution in [0.1, 0.15) is 43.0 Å². The molecule has 1 atom stereocenters. The minimum atomic E-state index is -0.968. The number of pyridine rings is 1. The number of aromatic nitrogens is 1. The maximum absolute atomic E-state index is 12.0. The van der Waals surface area contributed by atoms with E-state index in [-0.39, 0.29) is 11.5 Å². The lowest BCUT2D eigenvalue weighted by molar-refractivity contribution is 0.0438. The lowest BCUT2D eigenvalue weighted by atomic mass is 9.86. The molecular formula is C25H21Cl2NO3. The quantitative estimate of drug-likeness (QED) is 0.327. The highest BCUT2D eigenvalue weighted by Gasteiger charge is 2.31. The Hall–Kier alpha value is -2.66. The molecule has 0 saturated heterocycles. The number of furan rings is 1. The van der Waals surface area contributed by atoms with Gasteiger partial charge in [0.25, 0.3) is 0 Å². The molecule has 0 aliphatic rings. The molecule has 0 aliphatic heterocycles. The van der Waals surface area contributed by atoms with Gasteiger partial charge in [-0.25, -0.2) is 4.98 Å². The normalized spacial score (nSPS) is 12.8. The Morgan fingerprint density at radius 1 is 1.03 bits per heavy atom. The lowest BCUT2D eigenvalue weighted by Gasteiger charge is -2.24. The molecule has 2 heterocycles. The summed E-state index contributed by atoms with van der Waals surface area (Å²) in [4.78, 5) is 16.7. The van der Waals surface area contributed by atoms with Crippen molar-refractivity contribution in [3.63, 3.8) is 0 Å². The van der Waals surface area contributed by atoms with Gasteiger partial charge in [-0.15, -0.1) is 0 Å². The molecule has 1 unspecified atom stereocenters. The average Bonchev–Trinajstić information content (AvgIpc) is 3.10. The summed E-state index contributed by atoms with van der Waals surface area (Å²) >= 11 is 12.6. The molecule has 0 bridgehead atoms. The fourth-order valence-electron chi connectivity index (χ4n) is 3.49. The van der Waals surface area contributed by atoms with Crippen LogP contribution in [0.3, 0.4) is 0 Å². The minimum absolute atomic E-state index is 0.211. The monoisotopic (exact) mass is 453 g/mol. The molecule has 0 spiro atoms. The van der Waals surface area contributed by atoms with Gasteiger partial charge in [-0.3, -0.25) is 4.79 Å². The van der Waals surface area contributed by atoms with E-state index in [0.29, 0.717) is 33.0 Å². The summed E-state index contributed by atoms with van der Waals surface area (Å²) in [6.07, 6.45) is -0.261. The molecule has 0 amide bonds. The highest BCUT2D eigenvalue weighted by atomic mass is 35.5. The van der Waals surface area contributed by atoms with Gasteiger partial charge in [-0.05, 0) is 35.2 Å². The van der Waals surface area contributed by atoms with Crippen LogP contribution in [0.15, 0.2) is 59.0 Å². The molecule has 0 aliphatic carbocycles. The number of hydrogen-bond donors (Lipinski definition) is 1. The third-order valence-corrected chi connectivity index (χ3v) is 5.80. The van der Waals surface area contributed by atoms with Gasteiger partial charge < -0.3 is 9.52 Å². The van der Waals surface area contributed by atoms with Crippen LogP contribution in [0.4, 0.5) is 0 Å². The van der Waals surface area contributed by atoms with Gasteiger partial charge in [0.2, 0.25) is 5.71 Å². The Morgan fingerprint density at radius 3 is 2.32 bits per heavy atom. The highest BCUT2D eigenvalue weighted by Crippen LogP contribution is 2.42. The van der Waals surface area contributed by atoms with Gasteiger partial charge in [0.05, 0.1) is 16.6 Å². The standard InChI is InChI=1S/C25H21Cl2NO3/c1-25(2,3)23(30)22-19(13-29)18-12-17(14-8-10-15(26)11-9-14)21(28-24(18)31-22)16-6-4-5-7-20(16)27/h4-13,23,30H,1-3H3. The summed E-state index contributed by atoms with van der Waals surface area (Å²) in [5.74, 6) is 0.211. The van der Waals surface area contributed by atoms with Crippen molar-refractivity contribution in [1.82, 2.24) is 4.98 Å². The van der Waals surface area contributed by atoms with E-state index in [2.05, 4.69) is 0 Å². The van der Waals surface area contributed by atoms with Gasteiger partial charge in [0.1, 0.15) is 11.9 Å². The first-order valence-electron chi connectivity index (χ1n) is 9.82. The van der Waals surface area contributed by atoms with E-state index >= 15 is 0 Å². The van der Waals surface area contributed by atoms with Crippen LogP contribution < -0.4 is 0 Å². The van der Waals surface area contributed by atoms with Crippen LogP contribution in [0.5, 0.6) is 0 Å². The van der Waals surface area contributed by atoms with Gasteiger partial charge in [-0.2, -0.15) is 0 Å². The number of halogens is 2. The molecule has 0 saturated carbocycles. The third-order valence-electron chi connectivity index (χ3n) is 5.22. The number of hydrogen-bond acceptors (Lipinski definition) is 4. The van der Waals surface area contributed by atoms with Gasteiger partial charge in [0.15, 0.2) is 6.29 Å². The zero-order valence-electron chi connectivity index (χ0n) is 17.3. The molecule has 0 radical (unpaired) electrons. The molecule has 4 rings (SSSR count). The van der Waals surface area contributed by atoms with Crippen molar-refractivity contribution in [2.75, 3.05) is 0 Å². The van der Waals surface area contributed by atoms with Crippen molar-refractivity contribution >= 4 is 40.6 Å². The van der Waals surface area contributed by atoms with Crippen LogP contribution in [0.2, 0.25) is 10.0 Å². The first-order chi connectivity index (χ1) is 14.7. The molecule has 4 aromatic rings. The first kappa shape index (κ1) is 21.6. The van der Waals surface area contributed by atoms with Crippen molar-refractivity contribution in [3.05, 3.63) is 76.0 Å². The van der Waals surface area contributed by atoms with Crippen LogP contribution in [-0.4, -0.2) is 16.4 Å². The third kappa shape index (κ3) is 3.99. The van der Waals surface area contributed by atoms with E-state index < -0.39 is 11.5 Å². The van der Waals surface area contributed by atoms with E-state index in [1.54, 1.807) is 18.2 Å². The molecule has 4 nitrogen and oxygen atoms in total. The van der Waals surface area contributed by atoms with E-state index in [1.807, 2.05) is 57.2 Å². The lowest BCUT2D eigenvalue weighted by Crippen LogP contribution is -2.18. The summed E-state index contributed by atoms with van der Waals surface area (Å²) in [6.45, 7) is 5.63. The second-order valence-corrected chi connectivity index (χ2v) is 9.33. The predicted molar refractivity (Wildman–Crippen MR) is 125 cm³/mol. The molecule has 2 aromatic heterocycles. The highest BCUT2D eigenvalue weighted by molar-refractivity contribution is 6.33. The van der Waals surface area contributed by atoms with E-state index in [9.17, 15) is 9.90 Å². The Labute approximate surface area is 190 Å². The number of carbonyl (C=O) groups is 1. The van der Waals surface area contributed by atoms with Crippen molar-refractivity contribution < 1.29 is 14.3 Å². The van der Waals surface area contributed by atoms with Gasteiger partial charge >= 0.3 is 0 Å². The van der Waals surface area contributed by atoms with Crippen LogP contribution >= 0.6 is 23.2 Å². The van der Waals surface area contributed by atoms with Crippen molar-refractivity contribution in [3.8, 4) is 22.4 Å². The second-order valence-electron chi connectivity index (χ2n) is 8.49. The van der Waals surface area contributed by atoms with Crippen LogP contribution in [0, 0.1) is 5.41 Å². The SMILES string of the molecule is CC(C)(C)C(O)c1oc2nc(-c3ccccc3Cl)c(-c3ccc(Cl)cc3)cc2c1C=O. The summed E-state index contributed by atoms with van der Waals surface area (Å²) in [5.41, 5.74) is 3.04. The van der Waals surface area contributed by atoms with Crippen LogP contribution in [0.25, 0.3) is 33.5 Å². The van der Waals surface area contributed by atoms with Crippen molar-refractivity contribution in [1.29, 1.82) is 0 Å². The molecular weight excluding hydrogens is 433 g/mol. The maximum Gasteiger partial charge on any atom is 0.227 e.